The summed E-state index contributed by atoms with van der Waals surface area (Å²) in [7, 11) is 0. The summed E-state index contributed by atoms with van der Waals surface area (Å²) in [5, 5.41) is 13.9. The van der Waals surface area contributed by atoms with Crippen LogP contribution in [-0.2, 0) is 9.53 Å². The average molecular weight is 272 g/mol. The molecule has 0 aromatic rings. The second kappa shape index (κ2) is 9.61. The number of carboxylic acids is 1. The topological polar surface area (TPSA) is 87.7 Å². The van der Waals surface area contributed by atoms with Crippen LogP contribution in [0.3, 0.4) is 0 Å². The number of hydrogen-bond acceptors (Lipinski definition) is 3. The van der Waals surface area contributed by atoms with Gasteiger partial charge in [0.2, 0.25) is 0 Å². The van der Waals surface area contributed by atoms with Crippen molar-refractivity contribution in [2.75, 3.05) is 19.7 Å². The quantitative estimate of drug-likeness (QED) is 0.584. The Morgan fingerprint density at radius 3 is 2.63 bits per heavy atom. The maximum absolute atomic E-state index is 11.4. The molecule has 110 valence electrons. The highest BCUT2D eigenvalue weighted by Crippen LogP contribution is 2.14. The van der Waals surface area contributed by atoms with Crippen molar-refractivity contribution in [3.05, 3.63) is 0 Å². The standard InChI is InChI=1S/C13H24N2O4/c16-12(17)6-1-3-8-14-13(18)15-9-7-11-5-2-4-10-19-11/h11H,1-10H2,(H,16,17)(H2,14,15,18). The molecule has 0 aromatic heterocycles. The summed E-state index contributed by atoms with van der Waals surface area (Å²) in [5.74, 6) is -0.795. The third kappa shape index (κ3) is 8.42. The summed E-state index contributed by atoms with van der Waals surface area (Å²) < 4.78 is 5.57. The van der Waals surface area contributed by atoms with E-state index in [9.17, 15) is 9.59 Å². The third-order valence-corrected chi connectivity index (χ3v) is 3.13. The fourth-order valence-electron chi connectivity index (χ4n) is 2.05. The predicted molar refractivity (Wildman–Crippen MR) is 71.1 cm³/mol. The Labute approximate surface area is 113 Å². The van der Waals surface area contributed by atoms with Crippen LogP contribution in [0.2, 0.25) is 0 Å². The fourth-order valence-corrected chi connectivity index (χ4v) is 2.05. The zero-order chi connectivity index (χ0) is 13.9. The smallest absolute Gasteiger partial charge is 0.314 e. The van der Waals surface area contributed by atoms with Gasteiger partial charge >= 0.3 is 12.0 Å². The monoisotopic (exact) mass is 272 g/mol. The summed E-state index contributed by atoms with van der Waals surface area (Å²) in [5.41, 5.74) is 0. The van der Waals surface area contributed by atoms with Crippen LogP contribution < -0.4 is 10.6 Å². The van der Waals surface area contributed by atoms with E-state index < -0.39 is 5.97 Å². The number of urea groups is 1. The van der Waals surface area contributed by atoms with Gasteiger partial charge in [0.1, 0.15) is 0 Å². The van der Waals surface area contributed by atoms with E-state index >= 15 is 0 Å². The first-order valence-corrected chi connectivity index (χ1v) is 7.03. The molecule has 1 unspecified atom stereocenters. The number of aliphatic carboxylic acids is 1. The zero-order valence-corrected chi connectivity index (χ0v) is 11.3. The van der Waals surface area contributed by atoms with Crippen molar-refractivity contribution in [3.8, 4) is 0 Å². The summed E-state index contributed by atoms with van der Waals surface area (Å²) in [6, 6.07) is -0.189. The van der Waals surface area contributed by atoms with Gasteiger partial charge in [-0.3, -0.25) is 4.79 Å². The van der Waals surface area contributed by atoms with Gasteiger partial charge in [0.05, 0.1) is 6.10 Å². The molecule has 3 N–H and O–H groups in total. The number of nitrogens with one attached hydrogen (secondary N) is 2. The number of carbonyl (C=O) groups excluding carboxylic acids is 1. The molecule has 1 rings (SSSR count). The first-order valence-electron chi connectivity index (χ1n) is 7.03. The van der Waals surface area contributed by atoms with Crippen molar-refractivity contribution in [2.24, 2.45) is 0 Å². The molecule has 6 nitrogen and oxygen atoms in total. The van der Waals surface area contributed by atoms with E-state index in [1.165, 1.54) is 6.42 Å². The van der Waals surface area contributed by atoms with Crippen LogP contribution in [0.5, 0.6) is 0 Å². The van der Waals surface area contributed by atoms with E-state index in [0.717, 1.165) is 25.9 Å². The SMILES string of the molecule is O=C(O)CCCCNC(=O)NCCC1CCCCO1. The van der Waals surface area contributed by atoms with E-state index in [1.54, 1.807) is 0 Å². The normalized spacial score (nSPS) is 18.8. The average Bonchev–Trinajstić information content (AvgIpc) is 2.39. The highest BCUT2D eigenvalue weighted by atomic mass is 16.5. The fraction of sp³-hybridized carbons (Fsp3) is 0.846. The second-order valence-electron chi connectivity index (χ2n) is 4.81. The van der Waals surface area contributed by atoms with Crippen LogP contribution >= 0.6 is 0 Å². The maximum Gasteiger partial charge on any atom is 0.314 e. The van der Waals surface area contributed by atoms with Crippen molar-refractivity contribution in [1.82, 2.24) is 10.6 Å². The summed E-state index contributed by atoms with van der Waals surface area (Å²) >= 11 is 0. The van der Waals surface area contributed by atoms with Crippen LogP contribution in [0.15, 0.2) is 0 Å². The molecular weight excluding hydrogens is 248 g/mol. The molecule has 1 heterocycles. The number of rotatable bonds is 8. The molecule has 0 aromatic carbocycles. The molecule has 0 bridgehead atoms. The second-order valence-corrected chi connectivity index (χ2v) is 4.81. The van der Waals surface area contributed by atoms with Crippen LogP contribution in [-0.4, -0.2) is 42.9 Å². The summed E-state index contributed by atoms with van der Waals surface area (Å²) in [4.78, 5) is 21.7. The molecule has 0 spiro atoms. The molecule has 2 amide bonds. The molecule has 6 heteroatoms. The van der Waals surface area contributed by atoms with Crippen LogP contribution in [0.4, 0.5) is 4.79 Å². The Morgan fingerprint density at radius 1 is 1.16 bits per heavy atom. The highest BCUT2D eigenvalue weighted by molar-refractivity contribution is 5.73. The number of carbonyl (C=O) groups is 2. The lowest BCUT2D eigenvalue weighted by atomic mass is 10.1. The van der Waals surface area contributed by atoms with Gasteiger partial charge in [0.25, 0.3) is 0 Å². The minimum atomic E-state index is -0.795. The Morgan fingerprint density at radius 2 is 1.95 bits per heavy atom. The van der Waals surface area contributed by atoms with Crippen molar-refractivity contribution in [3.63, 3.8) is 0 Å². The van der Waals surface area contributed by atoms with Gasteiger partial charge in [0.15, 0.2) is 0 Å². The molecule has 0 radical (unpaired) electrons. The molecule has 1 aliphatic heterocycles. The molecule has 0 saturated carbocycles. The number of hydrogen-bond donors (Lipinski definition) is 3. The van der Waals surface area contributed by atoms with Crippen molar-refractivity contribution < 1.29 is 19.4 Å². The van der Waals surface area contributed by atoms with Crippen molar-refractivity contribution in [2.45, 2.75) is 51.0 Å². The Balaban J connectivity index is 1.91. The Bertz CT molecular complexity index is 278. The number of carboxylic acid groups (broad SMARTS) is 1. The lowest BCUT2D eigenvalue weighted by molar-refractivity contribution is -0.137. The van der Waals surface area contributed by atoms with E-state index in [1.807, 2.05) is 0 Å². The molecule has 19 heavy (non-hydrogen) atoms. The lowest BCUT2D eigenvalue weighted by Crippen LogP contribution is -2.38. The molecule has 1 atom stereocenters. The first-order chi connectivity index (χ1) is 9.18. The van der Waals surface area contributed by atoms with Crippen LogP contribution in [0.25, 0.3) is 0 Å². The van der Waals surface area contributed by atoms with Gasteiger partial charge in [-0.25, -0.2) is 4.79 Å². The first kappa shape index (κ1) is 15.8. The molecule has 1 fully saturated rings. The largest absolute Gasteiger partial charge is 0.481 e. The minimum Gasteiger partial charge on any atom is -0.481 e. The van der Waals surface area contributed by atoms with E-state index in [4.69, 9.17) is 9.84 Å². The van der Waals surface area contributed by atoms with Gasteiger partial charge in [0, 0.05) is 26.1 Å². The Hall–Kier alpha value is -1.30. The molecule has 0 aliphatic carbocycles. The van der Waals surface area contributed by atoms with E-state index in [0.29, 0.717) is 25.9 Å². The number of ether oxygens (including phenoxy) is 1. The zero-order valence-electron chi connectivity index (χ0n) is 11.3. The third-order valence-electron chi connectivity index (χ3n) is 3.13. The molecule has 1 aliphatic rings. The highest BCUT2D eigenvalue weighted by Gasteiger charge is 2.13. The predicted octanol–water partition coefficient (Wildman–Crippen LogP) is 1.50. The summed E-state index contributed by atoms with van der Waals surface area (Å²) in [6.45, 7) is 1.96. The molecule has 1 saturated heterocycles. The van der Waals surface area contributed by atoms with Crippen molar-refractivity contribution in [1.29, 1.82) is 0 Å². The number of unbranched alkanes of at least 4 members (excludes halogenated alkanes) is 1. The van der Waals surface area contributed by atoms with Gasteiger partial charge in [-0.1, -0.05) is 0 Å². The Kier molecular flexibility index (Phi) is 7.97. The van der Waals surface area contributed by atoms with Gasteiger partial charge in [-0.15, -0.1) is 0 Å². The maximum atomic E-state index is 11.4. The van der Waals surface area contributed by atoms with Gasteiger partial charge < -0.3 is 20.5 Å². The van der Waals surface area contributed by atoms with Gasteiger partial charge in [-0.2, -0.15) is 0 Å². The van der Waals surface area contributed by atoms with Crippen LogP contribution in [0.1, 0.15) is 44.9 Å². The minimum absolute atomic E-state index is 0.155. The summed E-state index contributed by atoms with van der Waals surface area (Å²) in [6.07, 6.45) is 6.00. The van der Waals surface area contributed by atoms with E-state index in [-0.39, 0.29) is 18.6 Å². The molecular formula is C13H24N2O4. The lowest BCUT2D eigenvalue weighted by Gasteiger charge is -2.22. The van der Waals surface area contributed by atoms with Gasteiger partial charge in [-0.05, 0) is 38.5 Å². The van der Waals surface area contributed by atoms with Crippen molar-refractivity contribution >= 4 is 12.0 Å². The van der Waals surface area contributed by atoms with E-state index in [2.05, 4.69) is 10.6 Å². The number of amides is 2. The van der Waals surface area contributed by atoms with Crippen LogP contribution in [0, 0.1) is 0 Å².